The quantitative estimate of drug-likeness (QED) is 0.434. The fourth-order valence-electron chi connectivity index (χ4n) is 1.41. The molecule has 0 bridgehead atoms. The molecule has 14 heavy (non-hydrogen) atoms. The van der Waals surface area contributed by atoms with Crippen LogP contribution >= 0.6 is 11.6 Å². The van der Waals surface area contributed by atoms with Crippen LogP contribution in [0.25, 0.3) is 0 Å². The van der Waals surface area contributed by atoms with Crippen LogP contribution in [0, 0.1) is 29.8 Å². The molecule has 0 N–H and O–H groups in total. The zero-order valence-electron chi connectivity index (χ0n) is 7.80. The molecule has 1 aromatic carbocycles. The van der Waals surface area contributed by atoms with Gasteiger partial charge in [0.05, 0.1) is 10.8 Å². The van der Waals surface area contributed by atoms with E-state index in [-0.39, 0.29) is 17.1 Å². The molecule has 0 aromatic heterocycles. The van der Waals surface area contributed by atoms with Gasteiger partial charge in [-0.15, -0.1) is 11.6 Å². The van der Waals surface area contributed by atoms with Gasteiger partial charge >= 0.3 is 0 Å². The smallest absolute Gasteiger partial charge is 0.258 e. The fourth-order valence-corrected chi connectivity index (χ4v) is 1.74. The van der Waals surface area contributed by atoms with Gasteiger partial charge in [0.1, 0.15) is 5.82 Å². The number of halogens is 2. The Kier molecular flexibility index (Phi) is 3.06. The number of hydrogen-bond acceptors (Lipinski definition) is 2. The highest BCUT2D eigenvalue weighted by Crippen LogP contribution is 2.28. The van der Waals surface area contributed by atoms with E-state index in [2.05, 4.69) is 0 Å². The first-order valence-corrected chi connectivity index (χ1v) is 4.51. The summed E-state index contributed by atoms with van der Waals surface area (Å²) >= 11 is 5.50. The largest absolute Gasteiger partial charge is 0.275 e. The Bertz CT molecular complexity index is 393. The van der Waals surface area contributed by atoms with Crippen LogP contribution in [0.2, 0.25) is 0 Å². The molecule has 5 heteroatoms. The predicted molar refractivity (Wildman–Crippen MR) is 52.1 cm³/mol. The van der Waals surface area contributed by atoms with Gasteiger partial charge in [-0.1, -0.05) is 0 Å². The minimum absolute atomic E-state index is 0.0537. The van der Waals surface area contributed by atoms with Crippen molar-refractivity contribution in [2.24, 2.45) is 0 Å². The van der Waals surface area contributed by atoms with E-state index in [1.807, 2.05) is 0 Å². The lowest BCUT2D eigenvalue weighted by molar-refractivity contribution is -0.386. The van der Waals surface area contributed by atoms with Gasteiger partial charge in [0.2, 0.25) is 0 Å². The summed E-state index contributed by atoms with van der Waals surface area (Å²) < 4.78 is 13.2. The molecule has 76 valence electrons. The van der Waals surface area contributed by atoms with E-state index in [9.17, 15) is 14.5 Å². The second kappa shape index (κ2) is 3.92. The lowest BCUT2D eigenvalue weighted by Gasteiger charge is -2.06. The maximum Gasteiger partial charge on any atom is 0.275 e. The molecule has 0 heterocycles. The molecule has 0 radical (unpaired) electrons. The summed E-state index contributed by atoms with van der Waals surface area (Å²) in [5.41, 5.74) is 0.771. The van der Waals surface area contributed by atoms with Gasteiger partial charge in [-0.2, -0.15) is 0 Å². The Morgan fingerprint density at radius 2 is 2.14 bits per heavy atom. The fraction of sp³-hybridized carbons (Fsp3) is 0.333. The number of hydrogen-bond donors (Lipinski definition) is 0. The average molecular weight is 218 g/mol. The normalized spacial score (nSPS) is 10.3. The average Bonchev–Trinajstić information content (AvgIpc) is 2.02. The van der Waals surface area contributed by atoms with Crippen molar-refractivity contribution in [1.82, 2.24) is 0 Å². The van der Waals surface area contributed by atoms with Crippen LogP contribution in [0.3, 0.4) is 0 Å². The van der Waals surface area contributed by atoms with Gasteiger partial charge in [-0.05, 0) is 19.9 Å². The van der Waals surface area contributed by atoms with Crippen molar-refractivity contribution in [1.29, 1.82) is 0 Å². The molecule has 0 unspecified atom stereocenters. The molecule has 0 amide bonds. The van der Waals surface area contributed by atoms with E-state index in [0.717, 1.165) is 6.07 Å². The molecule has 1 aromatic rings. The summed E-state index contributed by atoms with van der Waals surface area (Å²) in [6.45, 7) is 3.01. The molecule has 0 spiro atoms. The minimum Gasteiger partial charge on any atom is -0.258 e. The number of alkyl halides is 1. The predicted octanol–water partition coefficient (Wildman–Crippen LogP) is 3.09. The molecule has 0 saturated heterocycles. The van der Waals surface area contributed by atoms with E-state index in [1.165, 1.54) is 13.8 Å². The van der Waals surface area contributed by atoms with Crippen molar-refractivity contribution in [3.63, 3.8) is 0 Å². The number of benzene rings is 1. The van der Waals surface area contributed by atoms with Crippen LogP contribution in [0.5, 0.6) is 0 Å². The third-order valence-electron chi connectivity index (χ3n) is 2.13. The van der Waals surface area contributed by atoms with Crippen LogP contribution < -0.4 is 0 Å². The highest BCUT2D eigenvalue weighted by atomic mass is 35.5. The number of nitro benzene ring substituents is 1. The number of nitro groups is 1. The van der Waals surface area contributed by atoms with E-state index >= 15 is 0 Å². The molecular formula is C9H9ClFNO2. The molecule has 0 aliphatic heterocycles. The Balaban J connectivity index is 3.52. The van der Waals surface area contributed by atoms with Crippen molar-refractivity contribution in [3.05, 3.63) is 38.7 Å². The van der Waals surface area contributed by atoms with Gasteiger partial charge < -0.3 is 0 Å². The summed E-state index contributed by atoms with van der Waals surface area (Å²) in [5, 5.41) is 10.7. The minimum atomic E-state index is -0.514. The van der Waals surface area contributed by atoms with Crippen molar-refractivity contribution in [2.75, 3.05) is 0 Å². The van der Waals surface area contributed by atoms with Gasteiger partial charge in [0, 0.05) is 16.7 Å². The van der Waals surface area contributed by atoms with Gasteiger partial charge in [0.25, 0.3) is 5.69 Å². The summed E-state index contributed by atoms with van der Waals surface area (Å²) in [7, 11) is 0. The Labute approximate surface area is 85.6 Å². The lowest BCUT2D eigenvalue weighted by atomic mass is 10.0. The Morgan fingerprint density at radius 1 is 1.57 bits per heavy atom. The van der Waals surface area contributed by atoms with Gasteiger partial charge in [0.15, 0.2) is 0 Å². The Hall–Kier alpha value is -1.16. The topological polar surface area (TPSA) is 43.1 Å². The molecule has 0 fully saturated rings. The summed E-state index contributed by atoms with van der Waals surface area (Å²) in [4.78, 5) is 10.1. The molecule has 0 atom stereocenters. The highest BCUT2D eigenvalue weighted by molar-refractivity contribution is 6.17. The van der Waals surface area contributed by atoms with Crippen molar-refractivity contribution < 1.29 is 9.31 Å². The van der Waals surface area contributed by atoms with Crippen LogP contribution in [-0.4, -0.2) is 4.92 Å². The van der Waals surface area contributed by atoms with Gasteiger partial charge in [-0.25, -0.2) is 4.39 Å². The number of nitrogens with zero attached hydrogens (tertiary/aromatic N) is 1. The summed E-state index contributed by atoms with van der Waals surface area (Å²) in [5.74, 6) is -0.542. The standard InChI is InChI=1S/C9H9ClFNO2/c1-5-3-8(11)7(4-10)6(2)9(5)12(13)14/h3H,4H2,1-2H3. The monoisotopic (exact) mass is 217 g/mol. The third kappa shape index (κ3) is 1.70. The van der Waals surface area contributed by atoms with Crippen molar-refractivity contribution in [2.45, 2.75) is 19.7 Å². The first kappa shape index (κ1) is 10.9. The van der Waals surface area contributed by atoms with E-state index < -0.39 is 10.7 Å². The highest BCUT2D eigenvalue weighted by Gasteiger charge is 2.20. The lowest BCUT2D eigenvalue weighted by Crippen LogP contribution is -2.01. The summed E-state index contributed by atoms with van der Waals surface area (Å²) in [6.07, 6.45) is 0. The molecule has 3 nitrogen and oxygen atoms in total. The maximum atomic E-state index is 13.2. The van der Waals surface area contributed by atoms with Crippen LogP contribution in [0.4, 0.5) is 10.1 Å². The number of aryl methyl sites for hydroxylation is 1. The zero-order valence-corrected chi connectivity index (χ0v) is 8.56. The SMILES string of the molecule is Cc1cc(F)c(CCl)c(C)c1[N+](=O)[O-]. The molecule has 0 saturated carbocycles. The number of rotatable bonds is 2. The molecular weight excluding hydrogens is 209 g/mol. The second-order valence-electron chi connectivity index (χ2n) is 3.02. The molecule has 1 rings (SSSR count). The maximum absolute atomic E-state index is 13.2. The van der Waals surface area contributed by atoms with Crippen molar-refractivity contribution in [3.8, 4) is 0 Å². The van der Waals surface area contributed by atoms with Crippen LogP contribution in [-0.2, 0) is 5.88 Å². The zero-order chi connectivity index (χ0) is 10.9. The third-order valence-corrected chi connectivity index (χ3v) is 2.40. The van der Waals surface area contributed by atoms with Crippen molar-refractivity contribution >= 4 is 17.3 Å². The second-order valence-corrected chi connectivity index (χ2v) is 3.29. The Morgan fingerprint density at radius 3 is 2.57 bits per heavy atom. The molecule has 0 aliphatic carbocycles. The molecule has 0 aliphatic rings. The first-order valence-electron chi connectivity index (χ1n) is 3.98. The summed E-state index contributed by atoms with van der Waals surface area (Å²) in [6, 6.07) is 1.14. The first-order chi connectivity index (χ1) is 6.49. The van der Waals surface area contributed by atoms with E-state index in [4.69, 9.17) is 11.6 Å². The van der Waals surface area contributed by atoms with Crippen LogP contribution in [0.15, 0.2) is 6.07 Å². The van der Waals surface area contributed by atoms with E-state index in [1.54, 1.807) is 0 Å². The van der Waals surface area contributed by atoms with Crippen LogP contribution in [0.1, 0.15) is 16.7 Å². The van der Waals surface area contributed by atoms with E-state index in [0.29, 0.717) is 11.1 Å². The van der Waals surface area contributed by atoms with Gasteiger partial charge in [-0.3, -0.25) is 10.1 Å².